The van der Waals surface area contributed by atoms with Crippen molar-refractivity contribution in [1.82, 2.24) is 0 Å². The number of rotatable bonds is 5. The fourth-order valence-corrected chi connectivity index (χ4v) is 4.06. The van der Waals surface area contributed by atoms with Gasteiger partial charge in [0.1, 0.15) is 16.4 Å². The van der Waals surface area contributed by atoms with Gasteiger partial charge in [-0.1, -0.05) is 6.92 Å². The predicted molar refractivity (Wildman–Crippen MR) is 97.5 cm³/mol. The molecule has 0 fully saturated rings. The highest BCUT2D eigenvalue weighted by atomic mass is 32.1. The van der Waals surface area contributed by atoms with Crippen LogP contribution >= 0.6 is 11.3 Å². The number of thiophene rings is 1. The molecule has 1 atom stereocenters. The minimum atomic E-state index is -0.804. The first-order valence-corrected chi connectivity index (χ1v) is 9.17. The van der Waals surface area contributed by atoms with Crippen LogP contribution in [0.15, 0.2) is 24.3 Å². The number of esters is 1. The van der Waals surface area contributed by atoms with Gasteiger partial charge in [-0.3, -0.25) is 14.9 Å². The van der Waals surface area contributed by atoms with E-state index in [1.165, 1.54) is 16.2 Å². The van der Waals surface area contributed by atoms with Crippen molar-refractivity contribution in [1.29, 1.82) is 0 Å². The molecular weight excluding hydrogens is 375 g/mol. The summed E-state index contributed by atoms with van der Waals surface area (Å²) in [4.78, 5) is 35.9. The van der Waals surface area contributed by atoms with E-state index < -0.39 is 34.9 Å². The van der Waals surface area contributed by atoms with Crippen LogP contribution in [0.1, 0.15) is 33.5 Å². The number of nitrogens with one attached hydrogen (secondary N) is 1. The summed E-state index contributed by atoms with van der Waals surface area (Å²) in [5, 5.41) is 13.2. The number of carbonyl (C=O) groups excluding carboxylic acids is 2. The van der Waals surface area contributed by atoms with E-state index in [1.807, 2.05) is 0 Å². The summed E-state index contributed by atoms with van der Waals surface area (Å²) >= 11 is 1.37. The largest absolute Gasteiger partial charge is 0.451 e. The molecule has 27 heavy (non-hydrogen) atoms. The number of benzene rings is 1. The number of carbonyl (C=O) groups is 2. The van der Waals surface area contributed by atoms with E-state index in [0.29, 0.717) is 16.9 Å². The Morgan fingerprint density at radius 1 is 1.41 bits per heavy atom. The summed E-state index contributed by atoms with van der Waals surface area (Å²) < 4.78 is 18.1. The van der Waals surface area contributed by atoms with Gasteiger partial charge in [0.2, 0.25) is 0 Å². The number of fused-ring (bicyclic) bond motifs is 1. The lowest BCUT2D eigenvalue weighted by molar-refractivity contribution is -0.384. The van der Waals surface area contributed by atoms with Gasteiger partial charge in [0.15, 0.2) is 6.61 Å². The van der Waals surface area contributed by atoms with Gasteiger partial charge in [0.05, 0.1) is 11.0 Å². The van der Waals surface area contributed by atoms with Gasteiger partial charge in [0, 0.05) is 4.88 Å². The van der Waals surface area contributed by atoms with Gasteiger partial charge in [0.25, 0.3) is 11.6 Å². The van der Waals surface area contributed by atoms with Crippen molar-refractivity contribution in [2.45, 2.75) is 26.2 Å². The minimum Gasteiger partial charge on any atom is -0.451 e. The molecule has 0 saturated heterocycles. The van der Waals surface area contributed by atoms with Crippen LogP contribution in [0.5, 0.6) is 0 Å². The highest BCUT2D eigenvalue weighted by Crippen LogP contribution is 2.32. The van der Waals surface area contributed by atoms with Crippen LogP contribution in [0.2, 0.25) is 0 Å². The second kappa shape index (κ2) is 7.83. The van der Waals surface area contributed by atoms with Crippen LogP contribution in [0.3, 0.4) is 0 Å². The number of amides is 1. The molecule has 1 aliphatic carbocycles. The number of ether oxygens (including phenoxy) is 1. The van der Waals surface area contributed by atoms with Crippen molar-refractivity contribution in [3.8, 4) is 0 Å². The number of nitro benzene ring substituents is 1. The maximum atomic E-state index is 13.1. The molecule has 0 bridgehead atoms. The third kappa shape index (κ3) is 4.48. The Kier molecular flexibility index (Phi) is 5.50. The fraction of sp³-hybridized carbons (Fsp3) is 0.333. The summed E-state index contributed by atoms with van der Waals surface area (Å²) in [6, 6.07) is 4.59. The van der Waals surface area contributed by atoms with Crippen molar-refractivity contribution < 1.29 is 23.6 Å². The first-order chi connectivity index (χ1) is 12.8. The van der Waals surface area contributed by atoms with Gasteiger partial charge in [-0.05, 0) is 48.9 Å². The summed E-state index contributed by atoms with van der Waals surface area (Å²) in [6.07, 6.45) is 2.94. The number of anilines is 1. The summed E-state index contributed by atoms with van der Waals surface area (Å²) in [7, 11) is 0. The molecule has 0 saturated carbocycles. The first kappa shape index (κ1) is 19.0. The molecule has 1 heterocycles. The lowest BCUT2D eigenvalue weighted by Crippen LogP contribution is -2.21. The number of nitrogens with zero attached hydrogens (tertiary/aromatic N) is 1. The lowest BCUT2D eigenvalue weighted by Gasteiger charge is -2.16. The molecule has 0 spiro atoms. The topological polar surface area (TPSA) is 98.5 Å². The van der Waals surface area contributed by atoms with Gasteiger partial charge in [-0.25, -0.2) is 9.18 Å². The van der Waals surface area contributed by atoms with Crippen LogP contribution in [0.25, 0.3) is 0 Å². The molecule has 142 valence electrons. The second-order valence-corrected chi connectivity index (χ2v) is 7.59. The molecule has 1 amide bonds. The van der Waals surface area contributed by atoms with Crippen molar-refractivity contribution in [3.05, 3.63) is 55.5 Å². The number of nitro groups is 1. The van der Waals surface area contributed by atoms with E-state index in [-0.39, 0.29) is 5.69 Å². The number of halogens is 1. The SMILES string of the molecule is C[C@H]1CCc2sc(C(=O)OCC(=O)Nc3ccc(F)cc3[N+](=O)[O-])cc2C1. The fourth-order valence-electron chi connectivity index (χ4n) is 2.96. The van der Waals surface area contributed by atoms with Crippen LogP contribution in [0.4, 0.5) is 15.8 Å². The maximum Gasteiger partial charge on any atom is 0.348 e. The van der Waals surface area contributed by atoms with Crippen LogP contribution in [0, 0.1) is 21.8 Å². The molecule has 1 aromatic heterocycles. The number of hydrogen-bond donors (Lipinski definition) is 1. The molecule has 9 heteroatoms. The zero-order valence-corrected chi connectivity index (χ0v) is 15.3. The van der Waals surface area contributed by atoms with Gasteiger partial charge >= 0.3 is 5.97 Å². The smallest absolute Gasteiger partial charge is 0.348 e. The molecular formula is C18H17FN2O5S. The van der Waals surface area contributed by atoms with E-state index in [2.05, 4.69) is 12.2 Å². The van der Waals surface area contributed by atoms with Gasteiger partial charge in [-0.2, -0.15) is 0 Å². The lowest BCUT2D eigenvalue weighted by atomic mass is 9.90. The summed E-state index contributed by atoms with van der Waals surface area (Å²) in [5.74, 6) is -1.56. The zero-order chi connectivity index (χ0) is 19.6. The maximum absolute atomic E-state index is 13.1. The molecule has 1 aliphatic rings. The van der Waals surface area contributed by atoms with E-state index >= 15 is 0 Å². The quantitative estimate of drug-likeness (QED) is 0.475. The van der Waals surface area contributed by atoms with E-state index in [1.54, 1.807) is 6.07 Å². The molecule has 2 aromatic rings. The van der Waals surface area contributed by atoms with Crippen LogP contribution in [-0.2, 0) is 22.4 Å². The highest BCUT2D eigenvalue weighted by Gasteiger charge is 2.22. The van der Waals surface area contributed by atoms with E-state index in [0.717, 1.165) is 37.0 Å². The van der Waals surface area contributed by atoms with Crippen molar-refractivity contribution in [3.63, 3.8) is 0 Å². The van der Waals surface area contributed by atoms with Crippen LogP contribution < -0.4 is 5.32 Å². The summed E-state index contributed by atoms with van der Waals surface area (Å²) in [6.45, 7) is 1.57. The molecule has 0 aliphatic heterocycles. The minimum absolute atomic E-state index is 0.164. The Balaban J connectivity index is 1.60. The van der Waals surface area contributed by atoms with Crippen molar-refractivity contribution in [2.24, 2.45) is 5.92 Å². The standard InChI is InChI=1S/C18H17FN2O5S/c1-10-2-5-15-11(6-10)7-16(27-15)18(23)26-9-17(22)20-13-4-3-12(19)8-14(13)21(24)25/h3-4,7-8,10H,2,5-6,9H2,1H3,(H,20,22)/t10-/m0/s1. The summed E-state index contributed by atoms with van der Waals surface area (Å²) in [5.41, 5.74) is 0.412. The normalized spacial score (nSPS) is 15.7. The monoisotopic (exact) mass is 392 g/mol. The molecule has 0 radical (unpaired) electrons. The number of aryl methyl sites for hydroxylation is 1. The molecule has 7 nitrogen and oxygen atoms in total. The predicted octanol–water partition coefficient (Wildman–Crippen LogP) is 3.72. The third-order valence-electron chi connectivity index (χ3n) is 4.30. The van der Waals surface area contributed by atoms with E-state index in [9.17, 15) is 24.1 Å². The molecule has 3 rings (SSSR count). The Morgan fingerprint density at radius 3 is 2.93 bits per heavy atom. The van der Waals surface area contributed by atoms with Crippen molar-refractivity contribution in [2.75, 3.05) is 11.9 Å². The average Bonchev–Trinajstić information content (AvgIpc) is 3.04. The average molecular weight is 392 g/mol. The molecule has 1 aromatic carbocycles. The zero-order valence-electron chi connectivity index (χ0n) is 14.5. The third-order valence-corrected chi connectivity index (χ3v) is 5.51. The Bertz CT molecular complexity index is 911. The Morgan fingerprint density at radius 2 is 2.19 bits per heavy atom. The molecule has 0 unspecified atom stereocenters. The highest BCUT2D eigenvalue weighted by molar-refractivity contribution is 7.14. The first-order valence-electron chi connectivity index (χ1n) is 8.36. The Hall–Kier alpha value is -2.81. The van der Waals surface area contributed by atoms with E-state index in [4.69, 9.17) is 4.74 Å². The van der Waals surface area contributed by atoms with Crippen molar-refractivity contribution >= 4 is 34.6 Å². The van der Waals surface area contributed by atoms with Crippen LogP contribution in [-0.4, -0.2) is 23.4 Å². The second-order valence-electron chi connectivity index (χ2n) is 6.45. The molecule has 1 N–H and O–H groups in total. The number of hydrogen-bond acceptors (Lipinski definition) is 6. The van der Waals surface area contributed by atoms with Gasteiger partial charge in [-0.15, -0.1) is 11.3 Å². The van der Waals surface area contributed by atoms with Gasteiger partial charge < -0.3 is 10.1 Å². The Labute approximate surface area is 158 Å².